The summed E-state index contributed by atoms with van der Waals surface area (Å²) in [6, 6.07) is 3.55. The van der Waals surface area contributed by atoms with Crippen LogP contribution in [0.15, 0.2) is 42.3 Å². The fourth-order valence-corrected chi connectivity index (χ4v) is 1.96. The fourth-order valence-electron chi connectivity index (χ4n) is 1.46. The van der Waals surface area contributed by atoms with Gasteiger partial charge in [-0.15, -0.1) is 13.2 Å². The van der Waals surface area contributed by atoms with Crippen LogP contribution in [0.3, 0.4) is 0 Å². The number of allylic oxidation sites excluding steroid dienone is 2. The van der Waals surface area contributed by atoms with Crippen LogP contribution in [0.4, 0.5) is 0 Å². The Kier molecular flexibility index (Phi) is 4.86. The van der Waals surface area contributed by atoms with E-state index in [1.165, 1.54) is 0 Å². The highest BCUT2D eigenvalue weighted by molar-refractivity contribution is 8.11. The second-order valence-corrected chi connectivity index (χ2v) is 4.10. The van der Waals surface area contributed by atoms with Gasteiger partial charge < -0.3 is 5.11 Å². The van der Waals surface area contributed by atoms with E-state index < -0.39 is 0 Å². The average Bonchev–Trinajstić information content (AvgIpc) is 2.26. The van der Waals surface area contributed by atoms with E-state index in [1.54, 1.807) is 29.9 Å². The summed E-state index contributed by atoms with van der Waals surface area (Å²) in [6.45, 7) is 7.27. The first-order chi connectivity index (χ1) is 7.72. The van der Waals surface area contributed by atoms with Gasteiger partial charge in [0.1, 0.15) is 5.75 Å². The minimum atomic E-state index is 0.259. The number of hydrogen-bond donors (Lipinski definition) is 1. The molecule has 0 saturated carbocycles. The molecule has 1 aromatic rings. The maximum absolute atomic E-state index is 10.3. The summed E-state index contributed by atoms with van der Waals surface area (Å²) in [7, 11) is 0. The van der Waals surface area contributed by atoms with Gasteiger partial charge in [0.05, 0.1) is 0 Å². The Morgan fingerprint density at radius 2 is 1.75 bits per heavy atom. The van der Waals surface area contributed by atoms with Crippen molar-refractivity contribution in [3.63, 3.8) is 0 Å². The third-order valence-corrected chi connectivity index (χ3v) is 2.68. The van der Waals surface area contributed by atoms with Crippen molar-refractivity contribution in [3.8, 4) is 5.75 Å². The normalized spacial score (nSPS) is 9.75. The van der Waals surface area contributed by atoms with Crippen molar-refractivity contribution >= 4 is 17.4 Å². The first-order valence-electron chi connectivity index (χ1n) is 4.83. The molecule has 1 radical (unpaired) electrons. The number of phenols is 1. The zero-order valence-electron chi connectivity index (χ0n) is 8.90. The highest BCUT2D eigenvalue weighted by Crippen LogP contribution is 2.30. The van der Waals surface area contributed by atoms with Gasteiger partial charge in [-0.3, -0.25) is 4.79 Å². The standard InChI is InChI=1S/C13H13O2S/c1-3-5-10-7-12(16-9-14)8-11(6-4-2)13(10)15/h3-4,7-8,15H,1-2,5-6H2. The van der Waals surface area contributed by atoms with E-state index >= 15 is 0 Å². The summed E-state index contributed by atoms with van der Waals surface area (Å²) in [5.74, 6) is 0.259. The van der Waals surface area contributed by atoms with E-state index in [0.29, 0.717) is 12.8 Å². The maximum Gasteiger partial charge on any atom is 0.271 e. The first-order valence-corrected chi connectivity index (χ1v) is 5.65. The number of rotatable bonds is 6. The Morgan fingerprint density at radius 1 is 1.25 bits per heavy atom. The van der Waals surface area contributed by atoms with Crippen LogP contribution in [-0.2, 0) is 17.6 Å². The molecule has 1 N–H and O–H groups in total. The van der Waals surface area contributed by atoms with Gasteiger partial charge in [-0.25, -0.2) is 0 Å². The molecule has 0 heterocycles. The number of thioether (sulfide) groups is 1. The Morgan fingerprint density at radius 3 is 2.12 bits per heavy atom. The average molecular weight is 233 g/mol. The van der Waals surface area contributed by atoms with Crippen LogP contribution in [-0.4, -0.2) is 10.7 Å². The van der Waals surface area contributed by atoms with Gasteiger partial charge in [0.2, 0.25) is 0 Å². The van der Waals surface area contributed by atoms with E-state index in [-0.39, 0.29) is 5.75 Å². The molecule has 0 unspecified atom stereocenters. The molecular formula is C13H13O2S. The van der Waals surface area contributed by atoms with E-state index in [1.807, 2.05) is 0 Å². The van der Waals surface area contributed by atoms with Crippen LogP contribution in [0.1, 0.15) is 11.1 Å². The van der Waals surface area contributed by atoms with Crippen LogP contribution in [0.2, 0.25) is 0 Å². The maximum atomic E-state index is 10.3. The van der Waals surface area contributed by atoms with Crippen molar-refractivity contribution in [2.75, 3.05) is 0 Å². The molecule has 0 amide bonds. The molecule has 16 heavy (non-hydrogen) atoms. The summed E-state index contributed by atoms with van der Waals surface area (Å²) in [4.78, 5) is 11.1. The van der Waals surface area contributed by atoms with Crippen molar-refractivity contribution in [2.45, 2.75) is 17.7 Å². The highest BCUT2D eigenvalue weighted by Gasteiger charge is 2.08. The van der Waals surface area contributed by atoms with E-state index in [9.17, 15) is 9.90 Å². The van der Waals surface area contributed by atoms with Crippen LogP contribution in [0, 0.1) is 0 Å². The summed E-state index contributed by atoms with van der Waals surface area (Å²) in [6.07, 6.45) is 4.57. The molecule has 2 nitrogen and oxygen atoms in total. The minimum Gasteiger partial charge on any atom is -0.507 e. The quantitative estimate of drug-likeness (QED) is 0.606. The minimum absolute atomic E-state index is 0.259. The second-order valence-electron chi connectivity index (χ2n) is 3.26. The van der Waals surface area contributed by atoms with Crippen LogP contribution < -0.4 is 0 Å². The summed E-state index contributed by atoms with van der Waals surface area (Å²) in [5.41, 5.74) is 3.32. The first kappa shape index (κ1) is 12.6. The Bertz CT molecular complexity index is 379. The molecule has 0 aliphatic heterocycles. The lowest BCUT2D eigenvalue weighted by Crippen LogP contribution is -1.91. The van der Waals surface area contributed by atoms with Crippen molar-refractivity contribution in [2.24, 2.45) is 0 Å². The predicted octanol–water partition coefficient (Wildman–Crippen LogP) is 3.01. The monoisotopic (exact) mass is 233 g/mol. The van der Waals surface area contributed by atoms with Crippen LogP contribution >= 0.6 is 11.8 Å². The molecule has 0 saturated heterocycles. The lowest BCUT2D eigenvalue weighted by atomic mass is 10.0. The number of carbonyl (C=O) groups excluding carboxylic acids is 1. The van der Waals surface area contributed by atoms with Gasteiger partial charge in [0.25, 0.3) is 5.62 Å². The third-order valence-electron chi connectivity index (χ3n) is 2.13. The van der Waals surface area contributed by atoms with Crippen LogP contribution in [0.5, 0.6) is 5.75 Å². The summed E-state index contributed by atoms with van der Waals surface area (Å²) in [5, 5.41) is 9.94. The number of aromatic hydroxyl groups is 1. The van der Waals surface area contributed by atoms with Crippen molar-refractivity contribution < 1.29 is 9.90 Å². The zero-order chi connectivity index (χ0) is 12.0. The summed E-state index contributed by atoms with van der Waals surface area (Å²) < 4.78 is 0. The fraction of sp³-hybridized carbons (Fsp3) is 0.154. The third kappa shape index (κ3) is 3.00. The van der Waals surface area contributed by atoms with Gasteiger partial charge in [-0.2, -0.15) is 0 Å². The summed E-state index contributed by atoms with van der Waals surface area (Å²) >= 11 is 0.979. The number of hydrogen-bond acceptors (Lipinski definition) is 3. The molecule has 1 rings (SSSR count). The number of benzene rings is 1. The molecule has 0 spiro atoms. The Labute approximate surface area is 99.7 Å². The molecule has 0 bridgehead atoms. The van der Waals surface area contributed by atoms with Gasteiger partial charge in [-0.05, 0) is 47.9 Å². The van der Waals surface area contributed by atoms with Gasteiger partial charge in [-0.1, -0.05) is 12.2 Å². The van der Waals surface area contributed by atoms with E-state index in [4.69, 9.17) is 0 Å². The van der Waals surface area contributed by atoms with Gasteiger partial charge >= 0.3 is 0 Å². The zero-order valence-corrected chi connectivity index (χ0v) is 9.72. The molecule has 3 heteroatoms. The Hall–Kier alpha value is -1.48. The van der Waals surface area contributed by atoms with Crippen molar-refractivity contribution in [3.05, 3.63) is 48.6 Å². The lowest BCUT2D eigenvalue weighted by molar-refractivity contribution is 0.463. The number of phenolic OH excluding ortho intramolecular Hbond substituents is 1. The van der Waals surface area contributed by atoms with Gasteiger partial charge in [0.15, 0.2) is 0 Å². The molecule has 0 aliphatic rings. The van der Waals surface area contributed by atoms with Crippen molar-refractivity contribution in [1.29, 1.82) is 0 Å². The Balaban J connectivity index is 3.19. The molecule has 1 aromatic carbocycles. The van der Waals surface area contributed by atoms with Crippen molar-refractivity contribution in [1.82, 2.24) is 0 Å². The smallest absolute Gasteiger partial charge is 0.271 e. The predicted molar refractivity (Wildman–Crippen MR) is 67.5 cm³/mol. The molecule has 0 aliphatic carbocycles. The topological polar surface area (TPSA) is 37.3 Å². The lowest BCUT2D eigenvalue weighted by Gasteiger charge is -2.09. The molecule has 83 valence electrons. The largest absolute Gasteiger partial charge is 0.507 e. The van der Waals surface area contributed by atoms with E-state index in [2.05, 4.69) is 13.2 Å². The van der Waals surface area contributed by atoms with Gasteiger partial charge in [0, 0.05) is 4.90 Å². The molecule has 0 aromatic heterocycles. The molecule has 0 fully saturated rings. The van der Waals surface area contributed by atoms with Crippen LogP contribution in [0.25, 0.3) is 0 Å². The second kappa shape index (κ2) is 6.18. The SMILES string of the molecule is C=CCc1cc(S[C]=O)cc(CC=C)c1O. The van der Waals surface area contributed by atoms with E-state index in [0.717, 1.165) is 27.8 Å². The molecular weight excluding hydrogens is 220 g/mol. The molecule has 0 atom stereocenters. The highest BCUT2D eigenvalue weighted by atomic mass is 32.2.